The number of primary amides is 1. The number of nitrogens with one attached hydrogen (secondary N) is 1. The second-order valence-corrected chi connectivity index (χ2v) is 6.27. The average molecular weight is 368 g/mol. The number of benzene rings is 1. The Morgan fingerprint density at radius 3 is 2.65 bits per heavy atom. The molecule has 0 atom stereocenters. The molecule has 0 saturated heterocycles. The number of nitrogens with zero attached hydrogens (tertiary/aromatic N) is 4. The number of aromatic nitrogens is 4. The van der Waals surface area contributed by atoms with Gasteiger partial charge in [-0.3, -0.25) is 14.6 Å². The lowest BCUT2D eigenvalue weighted by atomic mass is 10.1. The summed E-state index contributed by atoms with van der Waals surface area (Å²) in [6.07, 6.45) is 1.68. The number of hydrogen-bond donors (Lipinski definition) is 2. The first-order valence-electron chi connectivity index (χ1n) is 7.68. The minimum absolute atomic E-state index is 0.112. The van der Waals surface area contributed by atoms with Crippen LogP contribution >= 0.6 is 11.8 Å². The SMILES string of the molecule is Cn1c(SCC(=O)Nc2ccccc2C(N)=O)nnc1-c1ccccn1. The number of hydrogen-bond acceptors (Lipinski definition) is 6. The van der Waals surface area contributed by atoms with Crippen LogP contribution in [0.5, 0.6) is 0 Å². The van der Waals surface area contributed by atoms with E-state index in [4.69, 9.17) is 5.73 Å². The molecule has 0 radical (unpaired) electrons. The summed E-state index contributed by atoms with van der Waals surface area (Å²) in [6, 6.07) is 12.1. The van der Waals surface area contributed by atoms with Gasteiger partial charge in [-0.1, -0.05) is 30.0 Å². The van der Waals surface area contributed by atoms with E-state index in [1.165, 1.54) is 11.8 Å². The summed E-state index contributed by atoms with van der Waals surface area (Å²) >= 11 is 1.24. The van der Waals surface area contributed by atoms with Gasteiger partial charge in [0.1, 0.15) is 5.69 Å². The summed E-state index contributed by atoms with van der Waals surface area (Å²) in [7, 11) is 1.81. The first kappa shape index (κ1) is 17.6. The standard InChI is InChI=1S/C17H16N6O2S/c1-23-16(13-8-4-5-9-19-13)21-22-17(23)26-10-14(24)20-12-7-3-2-6-11(12)15(18)25/h2-9H,10H2,1H3,(H2,18,25)(H,20,24). The summed E-state index contributed by atoms with van der Waals surface area (Å²) in [6.45, 7) is 0. The van der Waals surface area contributed by atoms with Gasteiger partial charge in [0.25, 0.3) is 5.91 Å². The lowest BCUT2D eigenvalue weighted by molar-refractivity contribution is -0.113. The van der Waals surface area contributed by atoms with Crippen molar-refractivity contribution in [2.75, 3.05) is 11.1 Å². The molecule has 132 valence electrons. The van der Waals surface area contributed by atoms with E-state index in [1.54, 1.807) is 35.0 Å². The first-order valence-corrected chi connectivity index (χ1v) is 8.67. The minimum atomic E-state index is -0.596. The van der Waals surface area contributed by atoms with Gasteiger partial charge in [-0.2, -0.15) is 0 Å². The quantitative estimate of drug-likeness (QED) is 0.640. The molecule has 26 heavy (non-hydrogen) atoms. The topological polar surface area (TPSA) is 116 Å². The third-order valence-corrected chi connectivity index (χ3v) is 4.55. The van der Waals surface area contributed by atoms with Gasteiger partial charge < -0.3 is 15.6 Å². The Morgan fingerprint density at radius 2 is 1.92 bits per heavy atom. The number of thioether (sulfide) groups is 1. The van der Waals surface area contributed by atoms with E-state index in [1.807, 2.05) is 25.2 Å². The number of carbonyl (C=O) groups is 2. The highest BCUT2D eigenvalue weighted by molar-refractivity contribution is 7.99. The molecular formula is C17H16N6O2S. The molecule has 1 aromatic carbocycles. The minimum Gasteiger partial charge on any atom is -0.366 e. The van der Waals surface area contributed by atoms with Gasteiger partial charge >= 0.3 is 0 Å². The Balaban J connectivity index is 1.66. The van der Waals surface area contributed by atoms with E-state index in [-0.39, 0.29) is 17.2 Å². The molecule has 0 saturated carbocycles. The zero-order valence-corrected chi connectivity index (χ0v) is 14.7. The zero-order chi connectivity index (χ0) is 18.5. The number of amides is 2. The summed E-state index contributed by atoms with van der Waals surface area (Å²) in [4.78, 5) is 27.8. The summed E-state index contributed by atoms with van der Waals surface area (Å²) in [5.74, 6) is -0.137. The Morgan fingerprint density at radius 1 is 1.15 bits per heavy atom. The van der Waals surface area contributed by atoms with E-state index in [0.717, 1.165) is 0 Å². The van der Waals surface area contributed by atoms with Crippen molar-refractivity contribution in [3.63, 3.8) is 0 Å². The molecule has 0 unspecified atom stereocenters. The van der Waals surface area contributed by atoms with E-state index in [0.29, 0.717) is 22.4 Å². The van der Waals surface area contributed by atoms with E-state index in [2.05, 4.69) is 20.5 Å². The maximum absolute atomic E-state index is 12.2. The molecule has 2 amide bonds. The van der Waals surface area contributed by atoms with Crippen molar-refractivity contribution in [2.45, 2.75) is 5.16 Å². The van der Waals surface area contributed by atoms with Crippen molar-refractivity contribution in [2.24, 2.45) is 12.8 Å². The fourth-order valence-electron chi connectivity index (χ4n) is 2.28. The number of rotatable bonds is 6. The molecule has 0 aliphatic heterocycles. The molecular weight excluding hydrogens is 352 g/mol. The Kier molecular flexibility index (Phi) is 5.28. The third kappa shape index (κ3) is 3.89. The fourth-order valence-corrected chi connectivity index (χ4v) is 2.99. The van der Waals surface area contributed by atoms with Crippen LogP contribution in [0.2, 0.25) is 0 Å². The zero-order valence-electron chi connectivity index (χ0n) is 13.9. The second-order valence-electron chi connectivity index (χ2n) is 5.33. The molecule has 0 fully saturated rings. The predicted octanol–water partition coefficient (Wildman–Crippen LogP) is 1.71. The Labute approximate surface area is 153 Å². The van der Waals surface area contributed by atoms with Gasteiger partial charge in [0.15, 0.2) is 11.0 Å². The maximum Gasteiger partial charge on any atom is 0.250 e. The summed E-state index contributed by atoms with van der Waals surface area (Å²) in [5, 5.41) is 11.5. The number of nitrogens with two attached hydrogens (primary N) is 1. The molecule has 3 rings (SSSR count). The summed E-state index contributed by atoms with van der Waals surface area (Å²) in [5.41, 5.74) is 6.67. The van der Waals surface area contributed by atoms with Gasteiger partial charge in [0.2, 0.25) is 5.91 Å². The molecule has 0 bridgehead atoms. The Hall–Kier alpha value is -3.20. The third-order valence-electron chi connectivity index (χ3n) is 3.53. The van der Waals surface area contributed by atoms with E-state index < -0.39 is 5.91 Å². The molecule has 0 aliphatic carbocycles. The highest BCUT2D eigenvalue weighted by Gasteiger charge is 2.15. The van der Waals surface area contributed by atoms with Crippen LogP contribution in [0.3, 0.4) is 0 Å². The highest BCUT2D eigenvalue weighted by Crippen LogP contribution is 2.21. The molecule has 2 heterocycles. The molecule has 9 heteroatoms. The van der Waals surface area contributed by atoms with Crippen LogP contribution in [0.25, 0.3) is 11.5 Å². The lowest BCUT2D eigenvalue weighted by Gasteiger charge is -2.08. The van der Waals surface area contributed by atoms with Crippen molar-refractivity contribution in [3.8, 4) is 11.5 Å². The number of pyridine rings is 1. The smallest absolute Gasteiger partial charge is 0.250 e. The molecule has 3 N–H and O–H groups in total. The molecule has 3 aromatic rings. The van der Waals surface area contributed by atoms with E-state index in [9.17, 15) is 9.59 Å². The Bertz CT molecular complexity index is 941. The van der Waals surface area contributed by atoms with Crippen molar-refractivity contribution < 1.29 is 9.59 Å². The highest BCUT2D eigenvalue weighted by atomic mass is 32.2. The molecule has 0 aliphatic rings. The van der Waals surface area contributed by atoms with Crippen molar-refractivity contribution in [1.82, 2.24) is 19.7 Å². The normalized spacial score (nSPS) is 10.5. The number of para-hydroxylation sites is 1. The van der Waals surface area contributed by atoms with Crippen LogP contribution in [0.15, 0.2) is 53.8 Å². The number of anilines is 1. The van der Waals surface area contributed by atoms with Crippen molar-refractivity contribution in [1.29, 1.82) is 0 Å². The van der Waals surface area contributed by atoms with E-state index >= 15 is 0 Å². The molecule has 0 spiro atoms. The van der Waals surface area contributed by atoms with Gasteiger partial charge in [0.05, 0.1) is 17.0 Å². The predicted molar refractivity (Wildman–Crippen MR) is 98.5 cm³/mol. The van der Waals surface area contributed by atoms with Gasteiger partial charge in [-0.15, -0.1) is 10.2 Å². The van der Waals surface area contributed by atoms with Crippen LogP contribution in [0.1, 0.15) is 10.4 Å². The van der Waals surface area contributed by atoms with Crippen molar-refractivity contribution >= 4 is 29.3 Å². The maximum atomic E-state index is 12.2. The first-order chi connectivity index (χ1) is 12.6. The second kappa shape index (κ2) is 7.79. The largest absolute Gasteiger partial charge is 0.366 e. The van der Waals surface area contributed by atoms with Crippen LogP contribution in [0, 0.1) is 0 Å². The lowest BCUT2D eigenvalue weighted by Crippen LogP contribution is -2.19. The fraction of sp³-hybridized carbons (Fsp3) is 0.118. The van der Waals surface area contributed by atoms with Gasteiger partial charge in [0, 0.05) is 13.2 Å². The van der Waals surface area contributed by atoms with Gasteiger partial charge in [-0.25, -0.2) is 0 Å². The molecule has 8 nitrogen and oxygen atoms in total. The summed E-state index contributed by atoms with van der Waals surface area (Å²) < 4.78 is 1.78. The van der Waals surface area contributed by atoms with Crippen molar-refractivity contribution in [3.05, 3.63) is 54.2 Å². The number of carbonyl (C=O) groups excluding carboxylic acids is 2. The van der Waals surface area contributed by atoms with Crippen LogP contribution in [-0.4, -0.2) is 37.3 Å². The molecule has 2 aromatic heterocycles. The van der Waals surface area contributed by atoms with Crippen LogP contribution in [0.4, 0.5) is 5.69 Å². The van der Waals surface area contributed by atoms with Crippen LogP contribution < -0.4 is 11.1 Å². The van der Waals surface area contributed by atoms with Crippen LogP contribution in [-0.2, 0) is 11.8 Å². The van der Waals surface area contributed by atoms with Gasteiger partial charge in [-0.05, 0) is 24.3 Å². The average Bonchev–Trinajstić information content (AvgIpc) is 3.01. The monoisotopic (exact) mass is 368 g/mol.